The minimum Gasteiger partial charge on any atom is -0.265 e. The average molecular weight is 202 g/mol. The van der Waals surface area contributed by atoms with Gasteiger partial charge in [-0.3, -0.25) is 4.98 Å². The van der Waals surface area contributed by atoms with Crippen molar-refractivity contribution in [3.8, 4) is 6.07 Å². The molecule has 0 saturated carbocycles. The van der Waals surface area contributed by atoms with Crippen LogP contribution in [0.2, 0.25) is 0 Å². The van der Waals surface area contributed by atoms with E-state index in [4.69, 9.17) is 0 Å². The first-order valence-corrected chi connectivity index (χ1v) is 5.61. The van der Waals surface area contributed by atoms with Crippen molar-refractivity contribution >= 4 is 0 Å². The van der Waals surface area contributed by atoms with E-state index in [2.05, 4.69) is 24.9 Å². The first-order valence-electron chi connectivity index (χ1n) is 5.61. The number of rotatable bonds is 5. The van der Waals surface area contributed by atoms with Gasteiger partial charge < -0.3 is 0 Å². The molecule has 80 valence electrons. The van der Waals surface area contributed by atoms with E-state index in [1.165, 1.54) is 0 Å². The zero-order chi connectivity index (χ0) is 11.1. The highest BCUT2D eigenvalue weighted by atomic mass is 14.6. The van der Waals surface area contributed by atoms with Gasteiger partial charge in [-0.05, 0) is 30.5 Å². The minimum atomic E-state index is -0.299. The van der Waals surface area contributed by atoms with Gasteiger partial charge in [0.25, 0.3) is 0 Å². The second-order valence-corrected chi connectivity index (χ2v) is 3.93. The molecule has 1 heterocycles. The molecule has 2 heteroatoms. The van der Waals surface area contributed by atoms with Gasteiger partial charge in [0, 0.05) is 12.4 Å². The molecule has 0 aliphatic carbocycles. The Bertz CT molecular complexity index is 318. The number of hydrogen-bond donors (Lipinski definition) is 0. The van der Waals surface area contributed by atoms with Gasteiger partial charge in [0.15, 0.2) is 0 Å². The van der Waals surface area contributed by atoms with Gasteiger partial charge >= 0.3 is 0 Å². The lowest BCUT2D eigenvalue weighted by Gasteiger charge is -2.26. The molecular formula is C13H18N2. The lowest BCUT2D eigenvalue weighted by molar-refractivity contribution is 0.453. The molecule has 0 atom stereocenters. The van der Waals surface area contributed by atoms with Crippen LogP contribution in [-0.2, 0) is 5.41 Å². The Hall–Kier alpha value is -1.36. The van der Waals surface area contributed by atoms with E-state index in [0.717, 1.165) is 31.2 Å². The van der Waals surface area contributed by atoms with Crippen LogP contribution in [0, 0.1) is 11.3 Å². The first-order chi connectivity index (χ1) is 7.29. The number of aromatic nitrogens is 1. The maximum atomic E-state index is 9.42. The standard InChI is InChI=1S/C13H18N2/c1-3-7-13(11-14,8-4-2)12-5-9-15-10-6-12/h5-6,9-10H,3-4,7-8H2,1-2H3. The van der Waals surface area contributed by atoms with Gasteiger partial charge in [-0.15, -0.1) is 0 Å². The van der Waals surface area contributed by atoms with Gasteiger partial charge in [0.2, 0.25) is 0 Å². The van der Waals surface area contributed by atoms with Crippen molar-refractivity contribution in [2.45, 2.75) is 44.9 Å². The molecule has 1 aromatic rings. The van der Waals surface area contributed by atoms with E-state index in [1.807, 2.05) is 12.1 Å². The summed E-state index contributed by atoms with van der Waals surface area (Å²) in [7, 11) is 0. The molecule has 1 aromatic heterocycles. The Kier molecular flexibility index (Phi) is 4.30. The largest absolute Gasteiger partial charge is 0.265 e. The molecule has 0 aliphatic heterocycles. The molecule has 0 radical (unpaired) electrons. The summed E-state index contributed by atoms with van der Waals surface area (Å²) in [5.74, 6) is 0. The molecule has 0 aromatic carbocycles. The minimum absolute atomic E-state index is 0.299. The van der Waals surface area contributed by atoms with E-state index in [-0.39, 0.29) is 5.41 Å². The summed E-state index contributed by atoms with van der Waals surface area (Å²) < 4.78 is 0. The van der Waals surface area contributed by atoms with Crippen molar-refractivity contribution in [1.29, 1.82) is 5.26 Å². The van der Waals surface area contributed by atoms with Crippen LogP contribution in [-0.4, -0.2) is 4.98 Å². The number of hydrogen-bond acceptors (Lipinski definition) is 2. The molecule has 0 unspecified atom stereocenters. The van der Waals surface area contributed by atoms with Crippen LogP contribution < -0.4 is 0 Å². The van der Waals surface area contributed by atoms with Crippen LogP contribution >= 0.6 is 0 Å². The second-order valence-electron chi connectivity index (χ2n) is 3.93. The van der Waals surface area contributed by atoms with Crippen LogP contribution in [0.3, 0.4) is 0 Å². The zero-order valence-electron chi connectivity index (χ0n) is 9.53. The molecule has 1 rings (SSSR count). The highest BCUT2D eigenvalue weighted by Crippen LogP contribution is 2.33. The van der Waals surface area contributed by atoms with Gasteiger partial charge in [-0.1, -0.05) is 26.7 Å². The highest BCUT2D eigenvalue weighted by molar-refractivity contribution is 5.30. The van der Waals surface area contributed by atoms with E-state index in [1.54, 1.807) is 12.4 Å². The molecule has 0 bridgehead atoms. The van der Waals surface area contributed by atoms with Crippen molar-refractivity contribution in [3.05, 3.63) is 30.1 Å². The zero-order valence-corrected chi connectivity index (χ0v) is 9.53. The fraction of sp³-hybridized carbons (Fsp3) is 0.538. The highest BCUT2D eigenvalue weighted by Gasteiger charge is 2.30. The summed E-state index contributed by atoms with van der Waals surface area (Å²) in [5.41, 5.74) is 0.815. The summed E-state index contributed by atoms with van der Waals surface area (Å²) in [6.07, 6.45) is 7.48. The van der Waals surface area contributed by atoms with E-state index < -0.39 is 0 Å². The predicted octanol–water partition coefficient (Wildman–Crippen LogP) is 3.44. The molecule has 15 heavy (non-hydrogen) atoms. The fourth-order valence-corrected chi connectivity index (χ4v) is 2.11. The summed E-state index contributed by atoms with van der Waals surface area (Å²) in [4.78, 5) is 4.00. The Morgan fingerprint density at radius 2 is 1.73 bits per heavy atom. The predicted molar refractivity (Wildman–Crippen MR) is 61.3 cm³/mol. The summed E-state index contributed by atoms with van der Waals surface area (Å²) in [5, 5.41) is 9.42. The van der Waals surface area contributed by atoms with E-state index in [0.29, 0.717) is 0 Å². The SMILES string of the molecule is CCCC(C#N)(CCC)c1ccncc1. The molecule has 0 saturated heterocycles. The quantitative estimate of drug-likeness (QED) is 0.733. The third-order valence-corrected chi connectivity index (χ3v) is 2.80. The molecule has 0 amide bonds. The molecule has 0 N–H and O–H groups in total. The monoisotopic (exact) mass is 202 g/mol. The lowest BCUT2D eigenvalue weighted by Crippen LogP contribution is -2.23. The van der Waals surface area contributed by atoms with Crippen molar-refractivity contribution in [2.75, 3.05) is 0 Å². The summed E-state index contributed by atoms with van der Waals surface area (Å²) in [6, 6.07) is 6.44. The Balaban J connectivity index is 3.05. The van der Waals surface area contributed by atoms with E-state index >= 15 is 0 Å². The third kappa shape index (κ3) is 2.56. The maximum Gasteiger partial charge on any atom is 0.0823 e. The number of nitriles is 1. The summed E-state index contributed by atoms with van der Waals surface area (Å²) in [6.45, 7) is 4.26. The average Bonchev–Trinajstić information content (AvgIpc) is 2.30. The first kappa shape index (κ1) is 11.7. The van der Waals surface area contributed by atoms with Crippen LogP contribution in [0.1, 0.15) is 45.1 Å². The number of pyridine rings is 1. The molecule has 0 aliphatic rings. The third-order valence-electron chi connectivity index (χ3n) is 2.80. The van der Waals surface area contributed by atoms with Gasteiger partial charge in [0.05, 0.1) is 11.5 Å². The maximum absolute atomic E-state index is 9.42. The van der Waals surface area contributed by atoms with Crippen LogP contribution in [0.5, 0.6) is 0 Å². The fourth-order valence-electron chi connectivity index (χ4n) is 2.11. The van der Waals surface area contributed by atoms with Crippen LogP contribution in [0.25, 0.3) is 0 Å². The molecular weight excluding hydrogens is 184 g/mol. The van der Waals surface area contributed by atoms with Gasteiger partial charge in [0.1, 0.15) is 0 Å². The van der Waals surface area contributed by atoms with Crippen molar-refractivity contribution in [1.82, 2.24) is 4.98 Å². The van der Waals surface area contributed by atoms with Crippen molar-refractivity contribution in [3.63, 3.8) is 0 Å². The van der Waals surface area contributed by atoms with Crippen molar-refractivity contribution < 1.29 is 0 Å². The smallest absolute Gasteiger partial charge is 0.0823 e. The van der Waals surface area contributed by atoms with E-state index in [9.17, 15) is 5.26 Å². The lowest BCUT2D eigenvalue weighted by atomic mass is 9.75. The Morgan fingerprint density at radius 1 is 1.20 bits per heavy atom. The topological polar surface area (TPSA) is 36.7 Å². The Labute approximate surface area is 92.0 Å². The Morgan fingerprint density at radius 3 is 2.13 bits per heavy atom. The van der Waals surface area contributed by atoms with Crippen molar-refractivity contribution in [2.24, 2.45) is 0 Å². The summed E-state index contributed by atoms with van der Waals surface area (Å²) >= 11 is 0. The van der Waals surface area contributed by atoms with Gasteiger partial charge in [-0.2, -0.15) is 5.26 Å². The van der Waals surface area contributed by atoms with Crippen LogP contribution in [0.4, 0.5) is 0 Å². The molecule has 0 fully saturated rings. The number of nitrogens with zero attached hydrogens (tertiary/aromatic N) is 2. The van der Waals surface area contributed by atoms with Gasteiger partial charge in [-0.25, -0.2) is 0 Å². The normalized spacial score (nSPS) is 11.0. The second kappa shape index (κ2) is 5.50. The molecule has 2 nitrogen and oxygen atoms in total. The van der Waals surface area contributed by atoms with Crippen LogP contribution in [0.15, 0.2) is 24.5 Å². The molecule has 0 spiro atoms.